The highest BCUT2D eigenvalue weighted by molar-refractivity contribution is 6.30. The highest BCUT2D eigenvalue weighted by atomic mass is 35.5. The minimum atomic E-state index is -4.44. The van der Waals surface area contributed by atoms with Crippen molar-refractivity contribution in [3.63, 3.8) is 0 Å². The van der Waals surface area contributed by atoms with E-state index in [-0.39, 0.29) is 10.7 Å². The van der Waals surface area contributed by atoms with Gasteiger partial charge in [-0.1, -0.05) is 17.7 Å². The Hall–Kier alpha value is -2.28. The molecule has 0 amide bonds. The number of anilines is 1. The summed E-state index contributed by atoms with van der Waals surface area (Å²) < 4.78 is 44.9. The van der Waals surface area contributed by atoms with Gasteiger partial charge in [-0.3, -0.25) is 4.79 Å². The van der Waals surface area contributed by atoms with Gasteiger partial charge in [0.15, 0.2) is 0 Å². The van der Waals surface area contributed by atoms with Gasteiger partial charge in [-0.2, -0.15) is 13.2 Å². The number of carbonyl (C=O) groups is 1. The van der Waals surface area contributed by atoms with E-state index < -0.39 is 23.8 Å². The molecule has 146 valence electrons. The lowest BCUT2D eigenvalue weighted by molar-refractivity contribution is -0.145. The number of hydrogen-bond acceptors (Lipinski definition) is 4. The SMILES string of the molecule is CCNc1c(-c2cnc(Cl)c(C(C)OC(C)=O)c2)ccc(C(F)(F)F)c1C. The van der Waals surface area contributed by atoms with Gasteiger partial charge in [-0.05, 0) is 38.5 Å². The van der Waals surface area contributed by atoms with Crippen molar-refractivity contribution in [2.45, 2.75) is 40.0 Å². The highest BCUT2D eigenvalue weighted by Crippen LogP contribution is 2.40. The molecule has 27 heavy (non-hydrogen) atoms. The largest absolute Gasteiger partial charge is 0.458 e. The van der Waals surface area contributed by atoms with Crippen LogP contribution in [0.15, 0.2) is 24.4 Å². The van der Waals surface area contributed by atoms with Crippen molar-refractivity contribution in [1.29, 1.82) is 0 Å². The summed E-state index contributed by atoms with van der Waals surface area (Å²) in [5.74, 6) is -0.470. The van der Waals surface area contributed by atoms with Crippen molar-refractivity contribution < 1.29 is 22.7 Å². The van der Waals surface area contributed by atoms with Crippen LogP contribution in [0.3, 0.4) is 0 Å². The lowest BCUT2D eigenvalue weighted by Crippen LogP contribution is -2.11. The number of carbonyl (C=O) groups excluding carboxylic acids is 1. The third kappa shape index (κ3) is 4.71. The Kier molecular flexibility index (Phi) is 6.36. The van der Waals surface area contributed by atoms with Crippen LogP contribution in [-0.2, 0) is 15.7 Å². The summed E-state index contributed by atoms with van der Waals surface area (Å²) in [4.78, 5) is 15.3. The maximum atomic E-state index is 13.2. The average molecular weight is 401 g/mol. The first kappa shape index (κ1) is 21.0. The number of aromatic nitrogens is 1. The molecular formula is C19H20ClF3N2O2. The van der Waals surface area contributed by atoms with E-state index in [1.54, 1.807) is 19.9 Å². The van der Waals surface area contributed by atoms with E-state index in [9.17, 15) is 18.0 Å². The topological polar surface area (TPSA) is 51.2 Å². The number of halogens is 4. The van der Waals surface area contributed by atoms with E-state index in [0.717, 1.165) is 6.07 Å². The fraction of sp³-hybridized carbons (Fsp3) is 0.368. The summed E-state index contributed by atoms with van der Waals surface area (Å²) in [6, 6.07) is 4.13. The van der Waals surface area contributed by atoms with Crippen molar-refractivity contribution in [3.8, 4) is 11.1 Å². The van der Waals surface area contributed by atoms with Crippen molar-refractivity contribution >= 4 is 23.3 Å². The van der Waals surface area contributed by atoms with E-state index in [0.29, 0.717) is 28.9 Å². The fourth-order valence-corrected chi connectivity index (χ4v) is 3.13. The molecule has 0 saturated heterocycles. The second-order valence-corrected chi connectivity index (χ2v) is 6.40. The third-order valence-corrected chi connectivity index (χ3v) is 4.40. The summed E-state index contributed by atoms with van der Waals surface area (Å²) in [5, 5.41) is 3.17. The standard InChI is InChI=1S/C19H20ClF3N2O2/c1-5-24-17-10(2)16(19(21,22)23)7-6-14(17)13-8-15(18(20)25-9-13)11(3)27-12(4)26/h6-9,11,24H,5H2,1-4H3. The van der Waals surface area contributed by atoms with Crippen molar-refractivity contribution in [3.05, 3.63) is 46.2 Å². The van der Waals surface area contributed by atoms with Gasteiger partial charge < -0.3 is 10.1 Å². The Morgan fingerprint density at radius 3 is 2.59 bits per heavy atom. The Labute approximate surface area is 160 Å². The molecule has 2 aromatic rings. The lowest BCUT2D eigenvalue weighted by Gasteiger charge is -2.20. The first-order valence-electron chi connectivity index (χ1n) is 8.34. The Morgan fingerprint density at radius 2 is 2.04 bits per heavy atom. The molecule has 4 nitrogen and oxygen atoms in total. The van der Waals surface area contributed by atoms with Crippen LogP contribution in [-0.4, -0.2) is 17.5 Å². The zero-order valence-corrected chi connectivity index (χ0v) is 16.1. The van der Waals surface area contributed by atoms with Crippen molar-refractivity contribution in [1.82, 2.24) is 4.98 Å². The molecule has 1 N–H and O–H groups in total. The number of rotatable bonds is 5. The molecule has 1 aromatic carbocycles. The van der Waals surface area contributed by atoms with Crippen LogP contribution in [0.2, 0.25) is 5.15 Å². The summed E-state index contributed by atoms with van der Waals surface area (Å²) in [7, 11) is 0. The van der Waals surface area contributed by atoms with E-state index >= 15 is 0 Å². The van der Waals surface area contributed by atoms with Crippen LogP contribution in [0.5, 0.6) is 0 Å². The predicted octanol–water partition coefficient (Wildman–Crippen LogP) is 5.79. The first-order valence-corrected chi connectivity index (χ1v) is 8.71. The molecule has 0 spiro atoms. The van der Waals surface area contributed by atoms with E-state index in [2.05, 4.69) is 10.3 Å². The van der Waals surface area contributed by atoms with E-state index in [1.165, 1.54) is 26.1 Å². The second kappa shape index (κ2) is 8.17. The van der Waals surface area contributed by atoms with Crippen LogP contribution >= 0.6 is 11.6 Å². The van der Waals surface area contributed by atoms with E-state index in [4.69, 9.17) is 16.3 Å². The molecular weight excluding hydrogens is 381 g/mol. The predicted molar refractivity (Wildman–Crippen MR) is 98.8 cm³/mol. The lowest BCUT2D eigenvalue weighted by atomic mass is 9.96. The second-order valence-electron chi connectivity index (χ2n) is 6.04. The van der Waals surface area contributed by atoms with Gasteiger partial charge in [-0.25, -0.2) is 4.98 Å². The van der Waals surface area contributed by atoms with Crippen LogP contribution < -0.4 is 5.32 Å². The monoisotopic (exact) mass is 400 g/mol. The molecule has 0 fully saturated rings. The molecule has 1 aromatic heterocycles. The Morgan fingerprint density at radius 1 is 1.37 bits per heavy atom. The van der Waals surface area contributed by atoms with Crippen LogP contribution in [0.25, 0.3) is 11.1 Å². The maximum absolute atomic E-state index is 13.2. The van der Waals surface area contributed by atoms with Crippen LogP contribution in [0, 0.1) is 6.92 Å². The third-order valence-electron chi connectivity index (χ3n) is 4.08. The smallest absolute Gasteiger partial charge is 0.416 e. The van der Waals surface area contributed by atoms with Crippen LogP contribution in [0.1, 0.15) is 43.6 Å². The van der Waals surface area contributed by atoms with Gasteiger partial charge in [0, 0.05) is 42.0 Å². The van der Waals surface area contributed by atoms with Gasteiger partial charge in [0.1, 0.15) is 11.3 Å². The number of pyridine rings is 1. The van der Waals surface area contributed by atoms with Crippen molar-refractivity contribution in [2.75, 3.05) is 11.9 Å². The number of ether oxygens (including phenoxy) is 1. The van der Waals surface area contributed by atoms with Crippen molar-refractivity contribution in [2.24, 2.45) is 0 Å². The van der Waals surface area contributed by atoms with Gasteiger partial charge >= 0.3 is 12.1 Å². The minimum absolute atomic E-state index is 0.103. The van der Waals surface area contributed by atoms with Crippen LogP contribution in [0.4, 0.5) is 18.9 Å². The first-order chi connectivity index (χ1) is 12.6. The molecule has 1 heterocycles. The number of benzene rings is 1. The summed E-state index contributed by atoms with van der Waals surface area (Å²) >= 11 is 6.11. The van der Waals surface area contributed by atoms with Gasteiger partial charge in [0.2, 0.25) is 0 Å². The number of nitrogens with one attached hydrogen (secondary N) is 1. The van der Waals surface area contributed by atoms with Gasteiger partial charge in [0.05, 0.1) is 5.56 Å². The molecule has 1 atom stereocenters. The fourth-order valence-electron chi connectivity index (χ4n) is 2.87. The molecule has 0 bridgehead atoms. The van der Waals surface area contributed by atoms with E-state index in [1.807, 2.05) is 0 Å². The zero-order chi connectivity index (χ0) is 20.4. The Balaban J connectivity index is 2.61. The number of nitrogens with zero attached hydrogens (tertiary/aromatic N) is 1. The molecule has 8 heteroatoms. The molecule has 0 aliphatic heterocycles. The summed E-state index contributed by atoms with van der Waals surface area (Å²) in [6.45, 7) is 6.61. The van der Waals surface area contributed by atoms with Gasteiger partial charge in [0.25, 0.3) is 0 Å². The minimum Gasteiger partial charge on any atom is -0.458 e. The molecule has 0 saturated carbocycles. The van der Waals surface area contributed by atoms with Gasteiger partial charge in [-0.15, -0.1) is 0 Å². The molecule has 0 aliphatic carbocycles. The summed E-state index contributed by atoms with van der Waals surface area (Å²) in [5.41, 5.74) is 1.39. The number of esters is 1. The number of hydrogen-bond donors (Lipinski definition) is 1. The molecule has 1 unspecified atom stereocenters. The highest BCUT2D eigenvalue weighted by Gasteiger charge is 2.33. The molecule has 0 aliphatic rings. The average Bonchev–Trinajstić information content (AvgIpc) is 2.55. The molecule has 2 rings (SSSR count). The Bertz CT molecular complexity index is 854. The summed E-state index contributed by atoms with van der Waals surface area (Å²) in [6.07, 6.45) is -3.60. The quantitative estimate of drug-likeness (QED) is 0.510. The normalized spacial score (nSPS) is 12.6. The maximum Gasteiger partial charge on any atom is 0.416 e. The number of alkyl halides is 3. The molecule has 0 radical (unpaired) electrons. The zero-order valence-electron chi connectivity index (χ0n) is 15.4.